The number of rotatable bonds is 83. The van der Waals surface area contributed by atoms with E-state index < -0.39 is 91.5 Å². The summed E-state index contributed by atoms with van der Waals surface area (Å²) in [5, 5.41) is 20.7. The smallest absolute Gasteiger partial charge is 0.463 e. The van der Waals surface area contributed by atoms with Crippen molar-refractivity contribution < 1.29 is 75.8 Å². The van der Waals surface area contributed by atoms with Crippen molar-refractivity contribution in [3.63, 3.8) is 0 Å². The zero-order chi connectivity index (χ0) is 85.1. The maximum atomic E-state index is 13.0. The number of phosphoric ester groups is 2. The molecule has 0 saturated carbocycles. The molecule has 0 amide bonds. The van der Waals surface area contributed by atoms with Gasteiger partial charge in [0, 0.05) is 19.3 Å². The van der Waals surface area contributed by atoms with Crippen molar-refractivity contribution in [1.29, 1.82) is 0 Å². The molecule has 0 radical (unpaired) electrons. The molecule has 4 N–H and O–H groups in total. The van der Waals surface area contributed by atoms with Gasteiger partial charge in [-0.3, -0.25) is 32.5 Å². The van der Waals surface area contributed by atoms with Crippen LogP contribution in [0, 0.1) is 0 Å². The van der Waals surface area contributed by atoms with Crippen LogP contribution in [0.2, 0.25) is 0 Å². The number of carbonyl (C=O) groups excluding carboxylic acids is 3. The summed E-state index contributed by atoms with van der Waals surface area (Å²) < 4.78 is 61.4. The Balaban J connectivity index is 4.64. The summed E-state index contributed by atoms with van der Waals surface area (Å²) in [6, 6.07) is 0. The van der Waals surface area contributed by atoms with E-state index in [1.807, 2.05) is 0 Å². The second-order valence-corrected chi connectivity index (χ2v) is 32.2. The number of hydrogen-bond acceptors (Lipinski definition) is 14. The Morgan fingerprint density at radius 1 is 0.239 bits per heavy atom. The number of ether oxygens (including phenoxy) is 3. The average molecular weight is 1670 g/mol. The maximum Gasteiger partial charge on any atom is 0.472 e. The fraction of sp³-hybridized carbons (Fsp3) is 0.606. The quantitative estimate of drug-likeness (QED) is 0.0146. The predicted molar refractivity (Wildman–Crippen MR) is 490 cm³/mol. The fourth-order valence-corrected chi connectivity index (χ4v) is 13.0. The lowest BCUT2D eigenvalue weighted by Crippen LogP contribution is -2.30. The third-order valence-corrected chi connectivity index (χ3v) is 20.1. The van der Waals surface area contributed by atoms with Gasteiger partial charge in [-0.2, -0.15) is 0 Å². The van der Waals surface area contributed by atoms with Gasteiger partial charge in [0.25, 0.3) is 0 Å². The van der Waals surface area contributed by atoms with Gasteiger partial charge in [0.1, 0.15) is 25.4 Å². The van der Waals surface area contributed by atoms with E-state index in [4.69, 9.17) is 32.3 Å². The van der Waals surface area contributed by atoms with Crippen LogP contribution in [0.5, 0.6) is 0 Å². The zero-order valence-electron chi connectivity index (χ0n) is 72.8. The minimum absolute atomic E-state index is 0.0391. The molecule has 0 saturated heterocycles. The van der Waals surface area contributed by atoms with Crippen LogP contribution in [0.1, 0.15) is 329 Å². The molecule has 0 spiro atoms. The van der Waals surface area contributed by atoms with Gasteiger partial charge in [-0.15, -0.1) is 0 Å². The highest BCUT2D eigenvalue weighted by Crippen LogP contribution is 2.45. The highest BCUT2D eigenvalue weighted by atomic mass is 31.2. The average Bonchev–Trinajstić information content (AvgIpc) is 0.902. The molecule has 5 unspecified atom stereocenters. The van der Waals surface area contributed by atoms with Gasteiger partial charge in [0.2, 0.25) is 0 Å². The topological polar surface area (TPSA) is 231 Å². The summed E-state index contributed by atoms with van der Waals surface area (Å²) >= 11 is 0. The predicted octanol–water partition coefficient (Wildman–Crippen LogP) is 27.8. The van der Waals surface area contributed by atoms with E-state index in [0.29, 0.717) is 25.7 Å². The first-order valence-corrected chi connectivity index (χ1v) is 48.0. The van der Waals surface area contributed by atoms with Gasteiger partial charge in [-0.05, 0) is 173 Å². The van der Waals surface area contributed by atoms with Crippen molar-refractivity contribution in [3.05, 3.63) is 219 Å². The number of carbonyl (C=O) groups is 3. The second-order valence-electron chi connectivity index (χ2n) is 29.3. The van der Waals surface area contributed by atoms with Crippen LogP contribution in [0.15, 0.2) is 219 Å². The highest BCUT2D eigenvalue weighted by molar-refractivity contribution is 7.47. The van der Waals surface area contributed by atoms with E-state index >= 15 is 0 Å². The van der Waals surface area contributed by atoms with E-state index in [9.17, 15) is 43.5 Å². The number of hydrogen-bond donors (Lipinski definition) is 4. The molecular weight excluding hydrogens is 1510 g/mol. The summed E-state index contributed by atoms with van der Waals surface area (Å²) in [5.74, 6) is -1.65. The first-order chi connectivity index (χ1) is 57.2. The molecule has 0 rings (SSSR count). The molecule has 5 atom stereocenters. The van der Waals surface area contributed by atoms with Gasteiger partial charge in [-0.1, -0.05) is 355 Å². The second kappa shape index (κ2) is 89.1. The van der Waals surface area contributed by atoms with Crippen LogP contribution in [0.3, 0.4) is 0 Å². The van der Waals surface area contributed by atoms with Crippen molar-refractivity contribution in [1.82, 2.24) is 0 Å². The third-order valence-electron chi connectivity index (χ3n) is 18.2. The van der Waals surface area contributed by atoms with Crippen LogP contribution >= 0.6 is 15.6 Å². The Morgan fingerprint density at radius 3 is 0.692 bits per heavy atom. The molecule has 0 aromatic heterocycles. The SMILES string of the molecule is CC/C=C\C/C=C\C/C=C\C/C=C\C/C=C\C/C=C\CCCCCCCCCCCCCCCCC(=O)OCC(O)COP(=O)(O)OCC(O)COP(=O)(O)OCC(COC(=O)CCCCCCCCCC/C=C\C/C=C\C/C=C\C/C=C\C/C=C\C/C=C\CC)OC(=O)CCCC/C=C\C/C=C\C/C=C\C/C=C\C/C=C\C/C=C\CC. The normalized spacial score (nSPS) is 14.8. The minimum atomic E-state index is -4.96. The number of esters is 3. The van der Waals surface area contributed by atoms with Gasteiger partial charge in [0.05, 0.1) is 26.4 Å². The summed E-state index contributed by atoms with van der Waals surface area (Å²) in [5.41, 5.74) is 0. The first kappa shape index (κ1) is 111. The van der Waals surface area contributed by atoms with Crippen molar-refractivity contribution in [3.8, 4) is 0 Å². The number of allylic oxidation sites excluding steroid dienone is 36. The zero-order valence-corrected chi connectivity index (χ0v) is 74.6. The van der Waals surface area contributed by atoms with E-state index in [1.165, 1.54) is 70.6 Å². The molecule has 0 fully saturated rings. The lowest BCUT2D eigenvalue weighted by Gasteiger charge is -2.21. The Kier molecular flexibility index (Phi) is 84.5. The van der Waals surface area contributed by atoms with E-state index in [1.54, 1.807) is 0 Å². The number of aliphatic hydroxyl groups excluding tert-OH is 2. The highest BCUT2D eigenvalue weighted by Gasteiger charge is 2.29. The number of unbranched alkanes of at least 4 members (excludes halogenated alkanes) is 24. The molecule has 0 aromatic rings. The molecule has 16 nitrogen and oxygen atoms in total. The molecule has 0 bridgehead atoms. The lowest BCUT2D eigenvalue weighted by molar-refractivity contribution is -0.161. The number of aliphatic hydroxyl groups is 2. The number of phosphoric acid groups is 2. The van der Waals surface area contributed by atoms with E-state index in [2.05, 4.69) is 240 Å². The molecule has 18 heteroatoms. The molecule has 0 heterocycles. The molecule has 0 aliphatic carbocycles. The summed E-state index contributed by atoms with van der Waals surface area (Å²) in [4.78, 5) is 58.9. The summed E-state index contributed by atoms with van der Waals surface area (Å²) in [6.45, 7) is 2.28. The minimum Gasteiger partial charge on any atom is -0.463 e. The molecule has 117 heavy (non-hydrogen) atoms. The van der Waals surface area contributed by atoms with Gasteiger partial charge in [0.15, 0.2) is 6.10 Å². The molecule has 0 aliphatic heterocycles. The third kappa shape index (κ3) is 90.5. The Bertz CT molecular complexity index is 3010. The van der Waals surface area contributed by atoms with Crippen molar-refractivity contribution in [2.24, 2.45) is 0 Å². The Hall–Kier alpha value is -6.13. The molecule has 0 aliphatic rings. The lowest BCUT2D eigenvalue weighted by atomic mass is 10.0. The first-order valence-electron chi connectivity index (χ1n) is 45.0. The standard InChI is InChI=1S/C99H160O16P2/c1-4-7-10-13-16-19-22-25-28-31-34-37-39-41-43-44-45-46-47-48-50-52-53-56-58-61-64-67-70-73-76-79-82-85-97(102)109-88-94(100)89-111-116(105,106)112-90-95(101)91-113-117(107,108)114-93-96(115-99(104)87-84-81-78-75-72-69-66-63-60-55-36-33-30-27-24-21-18-15-12-9-6-3)92-110-98(103)86-83-80-77-74-71-68-65-62-59-57-54-51-49-42-40-38-35-32-29-26-23-20-17-14-11-8-5-2/h7-12,16-21,25-30,34-38,41-43,45-46,49,54-55,57,63,66,72,75,94-96,100-101H,4-6,13-15,22-24,31-33,39-40,44,47-48,50-53,56,58-62,64-65,67-71,73-74,76-93H2,1-3H3,(H,105,106)(H,107,108)/b10-7-,11-8-,12-9-,19-16-,20-17-,21-18-,28-25-,29-26-,30-27-,37-34-,38-35-,43-41-,46-45-,49-42-,55-36-,57-54-,66-63-,75-72-. The van der Waals surface area contributed by atoms with Crippen LogP contribution in [0.25, 0.3) is 0 Å². The van der Waals surface area contributed by atoms with Crippen molar-refractivity contribution in [2.75, 3.05) is 39.6 Å². The van der Waals surface area contributed by atoms with Gasteiger partial charge < -0.3 is 34.2 Å². The maximum absolute atomic E-state index is 13.0. The summed E-state index contributed by atoms with van der Waals surface area (Å²) in [7, 11) is -9.84. The molecule has 0 aromatic carbocycles. The van der Waals surface area contributed by atoms with Crippen LogP contribution < -0.4 is 0 Å². The molecular formula is C99H160O16P2. The van der Waals surface area contributed by atoms with Crippen LogP contribution in [0.4, 0.5) is 0 Å². The van der Waals surface area contributed by atoms with E-state index in [-0.39, 0.29) is 19.3 Å². The Labute approximate surface area is 711 Å². The van der Waals surface area contributed by atoms with Crippen LogP contribution in [-0.2, 0) is 55.8 Å². The van der Waals surface area contributed by atoms with Gasteiger partial charge in [-0.25, -0.2) is 9.13 Å². The van der Waals surface area contributed by atoms with E-state index in [0.717, 1.165) is 193 Å². The largest absolute Gasteiger partial charge is 0.472 e. The van der Waals surface area contributed by atoms with Crippen molar-refractivity contribution >= 4 is 33.6 Å². The van der Waals surface area contributed by atoms with Crippen molar-refractivity contribution in [2.45, 2.75) is 347 Å². The monoisotopic (exact) mass is 1670 g/mol. The Morgan fingerprint density at radius 2 is 0.427 bits per heavy atom. The molecule has 662 valence electrons. The fourth-order valence-electron chi connectivity index (χ4n) is 11.5. The summed E-state index contributed by atoms with van der Waals surface area (Å²) in [6.07, 6.45) is 121. The van der Waals surface area contributed by atoms with Gasteiger partial charge >= 0.3 is 33.6 Å². The van der Waals surface area contributed by atoms with Crippen LogP contribution in [-0.4, -0.2) is 95.9 Å².